The van der Waals surface area contributed by atoms with Crippen molar-refractivity contribution < 1.29 is 16.8 Å². The minimum atomic E-state index is -3.86. The lowest BCUT2D eigenvalue weighted by Gasteiger charge is -2.30. The van der Waals surface area contributed by atoms with Crippen molar-refractivity contribution >= 4 is 43.0 Å². The van der Waals surface area contributed by atoms with Gasteiger partial charge in [-0.05, 0) is 74.6 Å². The molecule has 1 heterocycles. The number of anilines is 2. The van der Waals surface area contributed by atoms with Gasteiger partial charge in [0.2, 0.25) is 10.0 Å². The molecule has 0 spiro atoms. The van der Waals surface area contributed by atoms with Crippen molar-refractivity contribution in [1.29, 1.82) is 0 Å². The summed E-state index contributed by atoms with van der Waals surface area (Å²) in [4.78, 5) is 0.113. The maximum Gasteiger partial charge on any atom is 0.262 e. The Hall–Kier alpha value is -1.77. The van der Waals surface area contributed by atoms with E-state index in [9.17, 15) is 16.8 Å². The Balaban J connectivity index is 2.01. The summed E-state index contributed by atoms with van der Waals surface area (Å²) >= 11 is 5.98. The van der Waals surface area contributed by atoms with E-state index in [1.165, 1.54) is 10.4 Å². The molecule has 0 bridgehead atoms. The zero-order valence-corrected chi connectivity index (χ0v) is 18.4. The van der Waals surface area contributed by atoms with Crippen LogP contribution in [-0.2, 0) is 20.0 Å². The van der Waals surface area contributed by atoms with E-state index in [1.54, 1.807) is 45.0 Å². The van der Waals surface area contributed by atoms with Gasteiger partial charge in [0.05, 0.1) is 22.0 Å². The number of hydrogen-bond donors (Lipinski definition) is 1. The van der Waals surface area contributed by atoms with E-state index in [-0.39, 0.29) is 10.6 Å². The van der Waals surface area contributed by atoms with Gasteiger partial charge in [0.25, 0.3) is 10.0 Å². The molecule has 0 radical (unpaired) electrons. The molecule has 2 aromatic rings. The number of nitrogens with zero attached hydrogens (tertiary/aromatic N) is 1. The molecule has 1 fully saturated rings. The number of benzene rings is 2. The fourth-order valence-corrected chi connectivity index (χ4v) is 6.60. The highest BCUT2D eigenvalue weighted by Gasteiger charge is 2.29. The van der Waals surface area contributed by atoms with Crippen LogP contribution in [0.15, 0.2) is 35.2 Å². The first-order valence-corrected chi connectivity index (χ1v) is 12.4. The molecule has 0 saturated carbocycles. The predicted octanol–water partition coefficient (Wildman–Crippen LogP) is 4.00. The molecule has 0 unspecified atom stereocenters. The summed E-state index contributed by atoms with van der Waals surface area (Å²) in [6, 6.07) is 8.15. The molecule has 3 rings (SSSR count). The Morgan fingerprint density at radius 2 is 1.71 bits per heavy atom. The fourth-order valence-electron chi connectivity index (χ4n) is 3.30. The van der Waals surface area contributed by atoms with Gasteiger partial charge < -0.3 is 0 Å². The Morgan fingerprint density at radius 1 is 1.00 bits per heavy atom. The number of aryl methyl sites for hydroxylation is 3. The lowest BCUT2D eigenvalue weighted by atomic mass is 10.1. The SMILES string of the molecule is Cc1ccc(Cl)cc1NS(=O)(=O)c1cc(C)c(N2CCCCS2(=O)=O)cc1C. The van der Waals surface area contributed by atoms with Crippen molar-refractivity contribution in [3.8, 4) is 0 Å². The van der Waals surface area contributed by atoms with Gasteiger partial charge in [0.15, 0.2) is 0 Å². The minimum absolute atomic E-state index is 0.112. The second-order valence-electron chi connectivity index (χ2n) is 7.06. The van der Waals surface area contributed by atoms with E-state index < -0.39 is 20.0 Å². The van der Waals surface area contributed by atoms with E-state index in [1.807, 2.05) is 0 Å². The third-order valence-electron chi connectivity index (χ3n) is 4.84. The largest absolute Gasteiger partial charge is 0.279 e. The number of halogens is 1. The van der Waals surface area contributed by atoms with Crippen LogP contribution in [0, 0.1) is 20.8 Å². The fraction of sp³-hybridized carbons (Fsp3) is 0.368. The molecule has 1 saturated heterocycles. The first-order chi connectivity index (χ1) is 13.0. The molecular weight excluding hydrogens is 420 g/mol. The number of nitrogens with one attached hydrogen (secondary N) is 1. The second kappa shape index (κ2) is 7.57. The average molecular weight is 443 g/mol. The normalized spacial score (nSPS) is 16.8. The molecule has 1 N–H and O–H groups in total. The van der Waals surface area contributed by atoms with Crippen molar-refractivity contribution in [3.05, 3.63) is 52.0 Å². The van der Waals surface area contributed by atoms with Crippen molar-refractivity contribution in [2.45, 2.75) is 38.5 Å². The highest BCUT2D eigenvalue weighted by molar-refractivity contribution is 7.93. The summed E-state index contributed by atoms with van der Waals surface area (Å²) in [6.45, 7) is 5.59. The maximum atomic E-state index is 13.0. The zero-order chi connectivity index (χ0) is 20.7. The predicted molar refractivity (Wildman–Crippen MR) is 113 cm³/mol. The molecular formula is C19H23ClN2O4S2. The molecule has 0 amide bonds. The van der Waals surface area contributed by atoms with Crippen LogP contribution >= 0.6 is 11.6 Å². The first-order valence-electron chi connectivity index (χ1n) is 8.92. The van der Waals surface area contributed by atoms with Crippen LogP contribution in [0.5, 0.6) is 0 Å². The van der Waals surface area contributed by atoms with Crippen LogP contribution in [0.25, 0.3) is 0 Å². The Morgan fingerprint density at radius 3 is 2.39 bits per heavy atom. The van der Waals surface area contributed by atoms with Crippen molar-refractivity contribution in [3.63, 3.8) is 0 Å². The Kier molecular flexibility index (Phi) is 5.67. The van der Waals surface area contributed by atoms with Crippen LogP contribution in [-0.4, -0.2) is 29.1 Å². The van der Waals surface area contributed by atoms with E-state index in [4.69, 9.17) is 11.6 Å². The van der Waals surface area contributed by atoms with E-state index in [2.05, 4.69) is 4.72 Å². The minimum Gasteiger partial charge on any atom is -0.279 e. The summed E-state index contributed by atoms with van der Waals surface area (Å²) in [5.41, 5.74) is 2.77. The quantitative estimate of drug-likeness (QED) is 0.775. The average Bonchev–Trinajstić information content (AvgIpc) is 2.59. The van der Waals surface area contributed by atoms with E-state index in [0.717, 1.165) is 12.0 Å². The third kappa shape index (κ3) is 4.14. The standard InChI is InChI=1S/C19H23ClN2O4S2/c1-13-6-7-16(20)12-17(13)21-28(25,26)19-11-14(2)18(10-15(19)3)22-8-4-5-9-27(22,23)24/h6-7,10-12,21H,4-5,8-9H2,1-3H3. The molecule has 0 aliphatic carbocycles. The molecule has 1 aliphatic rings. The summed E-state index contributed by atoms with van der Waals surface area (Å²) in [5, 5.41) is 0.432. The van der Waals surface area contributed by atoms with Crippen LogP contribution in [0.4, 0.5) is 11.4 Å². The van der Waals surface area contributed by atoms with Crippen molar-refractivity contribution in [2.24, 2.45) is 0 Å². The molecule has 0 aromatic heterocycles. The highest BCUT2D eigenvalue weighted by Crippen LogP contribution is 2.32. The van der Waals surface area contributed by atoms with Gasteiger partial charge in [0, 0.05) is 11.6 Å². The lowest BCUT2D eigenvalue weighted by Crippen LogP contribution is -2.38. The summed E-state index contributed by atoms with van der Waals surface area (Å²) in [7, 11) is -7.23. The third-order valence-corrected chi connectivity index (χ3v) is 8.44. The molecule has 2 aromatic carbocycles. The topological polar surface area (TPSA) is 83.6 Å². The summed E-state index contributed by atoms with van der Waals surface area (Å²) in [6.07, 6.45) is 1.43. The molecule has 6 nitrogen and oxygen atoms in total. The molecule has 152 valence electrons. The molecule has 28 heavy (non-hydrogen) atoms. The second-order valence-corrected chi connectivity index (χ2v) is 11.2. The molecule has 9 heteroatoms. The van der Waals surface area contributed by atoms with Crippen molar-refractivity contribution in [2.75, 3.05) is 21.3 Å². The monoisotopic (exact) mass is 442 g/mol. The maximum absolute atomic E-state index is 13.0. The molecule has 1 aliphatic heterocycles. The van der Waals surface area contributed by atoms with Crippen LogP contribution < -0.4 is 9.03 Å². The van der Waals surface area contributed by atoms with Gasteiger partial charge in [-0.2, -0.15) is 0 Å². The van der Waals surface area contributed by atoms with E-state index in [0.29, 0.717) is 40.5 Å². The van der Waals surface area contributed by atoms with Crippen LogP contribution in [0.1, 0.15) is 29.5 Å². The molecule has 0 atom stereocenters. The van der Waals surface area contributed by atoms with Gasteiger partial charge in [-0.25, -0.2) is 16.8 Å². The summed E-state index contributed by atoms with van der Waals surface area (Å²) in [5.74, 6) is 0.112. The number of sulfonamides is 2. The van der Waals surface area contributed by atoms with Crippen molar-refractivity contribution in [1.82, 2.24) is 0 Å². The number of hydrogen-bond acceptors (Lipinski definition) is 4. The van der Waals surface area contributed by atoms with Gasteiger partial charge in [-0.15, -0.1) is 0 Å². The first kappa shape index (κ1) is 21.0. The lowest BCUT2D eigenvalue weighted by molar-refractivity contribution is 0.574. The highest BCUT2D eigenvalue weighted by atomic mass is 35.5. The Labute approximate surface area is 171 Å². The van der Waals surface area contributed by atoms with Crippen LogP contribution in [0.3, 0.4) is 0 Å². The van der Waals surface area contributed by atoms with Gasteiger partial charge in [-0.3, -0.25) is 9.03 Å². The van der Waals surface area contributed by atoms with Gasteiger partial charge in [-0.1, -0.05) is 17.7 Å². The Bertz CT molecular complexity index is 1130. The van der Waals surface area contributed by atoms with Gasteiger partial charge >= 0.3 is 0 Å². The van der Waals surface area contributed by atoms with Crippen LogP contribution in [0.2, 0.25) is 5.02 Å². The smallest absolute Gasteiger partial charge is 0.262 e. The van der Waals surface area contributed by atoms with E-state index >= 15 is 0 Å². The van der Waals surface area contributed by atoms with Gasteiger partial charge in [0.1, 0.15) is 0 Å². The number of rotatable bonds is 4. The zero-order valence-electron chi connectivity index (χ0n) is 16.0. The summed E-state index contributed by atoms with van der Waals surface area (Å²) < 4.78 is 54.8.